The molecule has 0 saturated heterocycles. The molecule has 0 aromatic carbocycles. The van der Waals surface area contributed by atoms with Gasteiger partial charge in [-0.2, -0.15) is 0 Å². The molecule has 1 N–H and O–H groups in total. The molecule has 0 amide bonds. The molecule has 2 aromatic rings. The van der Waals surface area contributed by atoms with E-state index in [1.165, 1.54) is 19.4 Å². The zero-order chi connectivity index (χ0) is 14.6. The van der Waals surface area contributed by atoms with Crippen LogP contribution in [0.3, 0.4) is 0 Å². The lowest BCUT2D eigenvalue weighted by molar-refractivity contribution is -0.148. The van der Waals surface area contributed by atoms with Gasteiger partial charge in [-0.25, -0.2) is 9.18 Å². The van der Waals surface area contributed by atoms with E-state index < -0.39 is 17.3 Å². The van der Waals surface area contributed by atoms with Crippen LogP contribution in [0.4, 0.5) is 4.39 Å². The van der Waals surface area contributed by atoms with E-state index in [1.54, 1.807) is 18.3 Å². The maximum atomic E-state index is 13.3. The molecule has 0 aliphatic carbocycles. The third-order valence-corrected chi connectivity index (χ3v) is 3.95. The normalized spacial score (nSPS) is 13.8. The molecule has 6 heteroatoms. The Morgan fingerprint density at radius 1 is 1.55 bits per heavy atom. The molecule has 0 bridgehead atoms. The number of hydrogen-bond donors (Lipinski definition) is 1. The number of carbonyl (C=O) groups excluding carboxylic acids is 1. The van der Waals surface area contributed by atoms with E-state index in [2.05, 4.69) is 10.3 Å². The molecule has 0 aliphatic rings. The fourth-order valence-corrected chi connectivity index (χ4v) is 2.50. The van der Waals surface area contributed by atoms with E-state index in [4.69, 9.17) is 4.74 Å². The average molecular weight is 294 g/mol. The minimum atomic E-state index is -1.14. The van der Waals surface area contributed by atoms with E-state index in [0.29, 0.717) is 12.1 Å². The molecule has 2 aromatic heterocycles. The van der Waals surface area contributed by atoms with Crippen LogP contribution in [0.5, 0.6) is 0 Å². The number of carbonyl (C=O) groups is 1. The summed E-state index contributed by atoms with van der Waals surface area (Å²) in [5, 5.41) is 5.08. The van der Waals surface area contributed by atoms with Crippen LogP contribution in [-0.4, -0.2) is 18.1 Å². The summed E-state index contributed by atoms with van der Waals surface area (Å²) in [7, 11) is 1.31. The number of methoxy groups -OCH3 is 1. The summed E-state index contributed by atoms with van der Waals surface area (Å²) in [6.07, 6.45) is 2.56. The second kappa shape index (κ2) is 6.11. The Bertz CT molecular complexity index is 589. The molecule has 2 heterocycles. The van der Waals surface area contributed by atoms with Crippen molar-refractivity contribution < 1.29 is 13.9 Å². The number of esters is 1. The van der Waals surface area contributed by atoms with Gasteiger partial charge < -0.3 is 4.74 Å². The number of pyridine rings is 1. The first-order valence-corrected chi connectivity index (χ1v) is 6.91. The van der Waals surface area contributed by atoms with Crippen LogP contribution in [0.2, 0.25) is 0 Å². The number of hydrogen-bond acceptors (Lipinski definition) is 5. The third-order valence-electron chi connectivity index (χ3n) is 3.07. The summed E-state index contributed by atoms with van der Waals surface area (Å²) in [4.78, 5) is 16.9. The molecule has 0 spiro atoms. The van der Waals surface area contributed by atoms with Crippen LogP contribution in [0.15, 0.2) is 36.0 Å². The van der Waals surface area contributed by atoms with Crippen LogP contribution < -0.4 is 5.32 Å². The van der Waals surface area contributed by atoms with Crippen molar-refractivity contribution in [2.75, 3.05) is 7.11 Å². The first kappa shape index (κ1) is 14.6. The lowest BCUT2D eigenvalue weighted by atomic mass is 9.93. The van der Waals surface area contributed by atoms with Crippen molar-refractivity contribution in [3.63, 3.8) is 0 Å². The Morgan fingerprint density at radius 3 is 2.95 bits per heavy atom. The number of nitrogens with zero attached hydrogens (tertiary/aromatic N) is 1. The molecule has 1 atom stereocenters. The molecule has 2 rings (SSSR count). The van der Waals surface area contributed by atoms with Gasteiger partial charge >= 0.3 is 5.97 Å². The highest BCUT2D eigenvalue weighted by Crippen LogP contribution is 2.23. The number of halogens is 1. The van der Waals surface area contributed by atoms with Crippen molar-refractivity contribution in [3.05, 3.63) is 52.2 Å². The highest BCUT2D eigenvalue weighted by molar-refractivity contribution is 7.09. The SMILES string of the molecule is COC(=O)C(C)(NCc1cccs1)c1cncc(F)c1. The van der Waals surface area contributed by atoms with Gasteiger partial charge in [0.15, 0.2) is 0 Å². The van der Waals surface area contributed by atoms with Crippen molar-refractivity contribution in [2.45, 2.75) is 19.0 Å². The largest absolute Gasteiger partial charge is 0.467 e. The average Bonchev–Trinajstić information content (AvgIpc) is 2.97. The Labute approximate surface area is 120 Å². The Morgan fingerprint density at radius 2 is 2.35 bits per heavy atom. The second-order valence-corrected chi connectivity index (χ2v) is 5.47. The molecule has 4 nitrogen and oxygen atoms in total. The maximum Gasteiger partial charge on any atom is 0.330 e. The highest BCUT2D eigenvalue weighted by Gasteiger charge is 2.36. The van der Waals surface area contributed by atoms with Gasteiger partial charge in [0.1, 0.15) is 11.4 Å². The van der Waals surface area contributed by atoms with Crippen molar-refractivity contribution in [3.8, 4) is 0 Å². The third kappa shape index (κ3) is 3.02. The minimum Gasteiger partial charge on any atom is -0.467 e. The highest BCUT2D eigenvalue weighted by atomic mass is 32.1. The molecular formula is C14H15FN2O2S. The van der Waals surface area contributed by atoms with Crippen LogP contribution >= 0.6 is 11.3 Å². The van der Waals surface area contributed by atoms with Gasteiger partial charge in [0.25, 0.3) is 0 Å². The van der Waals surface area contributed by atoms with Gasteiger partial charge in [0.2, 0.25) is 0 Å². The molecule has 0 fully saturated rings. The van der Waals surface area contributed by atoms with Crippen molar-refractivity contribution in [1.29, 1.82) is 0 Å². The van der Waals surface area contributed by atoms with E-state index in [-0.39, 0.29) is 0 Å². The van der Waals surface area contributed by atoms with E-state index in [0.717, 1.165) is 11.1 Å². The van der Waals surface area contributed by atoms with Crippen molar-refractivity contribution in [1.82, 2.24) is 10.3 Å². The summed E-state index contributed by atoms with van der Waals surface area (Å²) in [5.41, 5.74) is -0.714. The van der Waals surface area contributed by atoms with Crippen LogP contribution in [0.25, 0.3) is 0 Å². The van der Waals surface area contributed by atoms with Gasteiger partial charge in [-0.1, -0.05) is 6.07 Å². The number of nitrogens with one attached hydrogen (secondary N) is 1. The molecule has 0 radical (unpaired) electrons. The smallest absolute Gasteiger partial charge is 0.330 e. The maximum absolute atomic E-state index is 13.3. The lowest BCUT2D eigenvalue weighted by Crippen LogP contribution is -2.47. The Hall–Kier alpha value is -1.79. The van der Waals surface area contributed by atoms with E-state index in [9.17, 15) is 9.18 Å². The molecule has 0 aliphatic heterocycles. The standard InChI is InChI=1S/C14H15FN2O2S/c1-14(13(18)19-2,10-6-11(15)8-16-7-10)17-9-12-4-3-5-20-12/h3-8,17H,9H2,1-2H3. The molecule has 106 valence electrons. The van der Waals surface area contributed by atoms with E-state index in [1.807, 2.05) is 17.5 Å². The minimum absolute atomic E-state index is 0.431. The fourth-order valence-electron chi connectivity index (χ4n) is 1.86. The summed E-state index contributed by atoms with van der Waals surface area (Å²) < 4.78 is 18.2. The summed E-state index contributed by atoms with van der Waals surface area (Å²) >= 11 is 1.58. The number of ether oxygens (including phenoxy) is 1. The van der Waals surface area contributed by atoms with Gasteiger partial charge in [-0.3, -0.25) is 10.3 Å². The summed E-state index contributed by atoms with van der Waals surface area (Å²) in [6, 6.07) is 5.17. The van der Waals surface area contributed by atoms with E-state index >= 15 is 0 Å². The predicted molar refractivity (Wildman–Crippen MR) is 74.7 cm³/mol. The Kier molecular flexibility index (Phi) is 4.46. The Balaban J connectivity index is 2.27. The van der Waals surface area contributed by atoms with Crippen LogP contribution in [0.1, 0.15) is 17.4 Å². The first-order chi connectivity index (χ1) is 9.56. The first-order valence-electron chi connectivity index (χ1n) is 6.03. The van der Waals surface area contributed by atoms with Crippen LogP contribution in [-0.2, 0) is 21.6 Å². The lowest BCUT2D eigenvalue weighted by Gasteiger charge is -2.28. The summed E-state index contributed by atoms with van der Waals surface area (Å²) in [6.45, 7) is 2.14. The predicted octanol–water partition coefficient (Wildman–Crippen LogP) is 2.46. The van der Waals surface area contributed by atoms with Gasteiger partial charge in [0.05, 0.1) is 13.3 Å². The fraction of sp³-hybridized carbons (Fsp3) is 0.286. The molecule has 0 saturated carbocycles. The quantitative estimate of drug-likeness (QED) is 0.861. The van der Waals surface area contributed by atoms with Crippen molar-refractivity contribution in [2.24, 2.45) is 0 Å². The molecule has 20 heavy (non-hydrogen) atoms. The zero-order valence-corrected chi connectivity index (χ0v) is 12.0. The molecular weight excluding hydrogens is 279 g/mol. The monoisotopic (exact) mass is 294 g/mol. The van der Waals surface area contributed by atoms with Crippen LogP contribution in [0, 0.1) is 5.82 Å². The topological polar surface area (TPSA) is 51.2 Å². The van der Waals surface area contributed by atoms with Gasteiger partial charge in [0, 0.05) is 23.2 Å². The number of rotatable bonds is 5. The molecule has 1 unspecified atom stereocenters. The van der Waals surface area contributed by atoms with Crippen molar-refractivity contribution >= 4 is 17.3 Å². The van der Waals surface area contributed by atoms with Gasteiger partial charge in [-0.05, 0) is 24.4 Å². The van der Waals surface area contributed by atoms with Gasteiger partial charge in [-0.15, -0.1) is 11.3 Å². The second-order valence-electron chi connectivity index (χ2n) is 4.44. The number of aromatic nitrogens is 1. The zero-order valence-electron chi connectivity index (χ0n) is 11.2. The summed E-state index contributed by atoms with van der Waals surface area (Å²) in [5.74, 6) is -0.975. The number of thiophene rings is 1.